The van der Waals surface area contributed by atoms with E-state index in [1.807, 2.05) is 54.6 Å². The molecular formula is C24H20N4O3S. The number of aromatic nitrogens is 1. The average molecular weight is 445 g/mol. The van der Waals surface area contributed by atoms with Crippen molar-refractivity contribution in [2.24, 2.45) is 0 Å². The molecule has 2 heterocycles. The molecule has 32 heavy (non-hydrogen) atoms. The summed E-state index contributed by atoms with van der Waals surface area (Å²) in [5.74, 6) is 0.117. The zero-order valence-electron chi connectivity index (χ0n) is 17.0. The van der Waals surface area contributed by atoms with Crippen molar-refractivity contribution in [2.75, 3.05) is 21.7 Å². The van der Waals surface area contributed by atoms with E-state index >= 15 is 0 Å². The van der Waals surface area contributed by atoms with Crippen LogP contribution in [0.4, 0.5) is 27.5 Å². The van der Waals surface area contributed by atoms with E-state index in [2.05, 4.69) is 20.9 Å². The molecule has 8 heteroatoms. The number of pyridine rings is 1. The quantitative estimate of drug-likeness (QED) is 0.413. The van der Waals surface area contributed by atoms with Gasteiger partial charge in [-0.1, -0.05) is 24.3 Å². The van der Waals surface area contributed by atoms with Gasteiger partial charge in [0.2, 0.25) is 0 Å². The monoisotopic (exact) mass is 444 g/mol. The molecule has 0 atom stereocenters. The number of nitrogens with one attached hydrogen (secondary N) is 3. The Morgan fingerprint density at radius 2 is 1.59 bits per heavy atom. The standard InChI is InChI=1S/C24H20N4O3S/c29-24(27-16-5-2-1-3-6-16)28-18-8-4-7-17(15-18)26-21-11-13-25-20-9-10-22-19(23(20)21)12-14-32(22,30)31/h1-11,13,15H,12,14H2,(H,25,26)(H2,27,28,29). The Morgan fingerprint density at radius 1 is 0.844 bits per heavy atom. The molecule has 1 aliphatic heterocycles. The van der Waals surface area contributed by atoms with Gasteiger partial charge in [0.15, 0.2) is 9.84 Å². The summed E-state index contributed by atoms with van der Waals surface area (Å²) in [6.07, 6.45) is 2.16. The predicted octanol–water partition coefficient (Wildman–Crippen LogP) is 4.95. The van der Waals surface area contributed by atoms with E-state index in [-0.39, 0.29) is 11.8 Å². The SMILES string of the molecule is O=C(Nc1ccccc1)Nc1cccc(Nc2ccnc3ccc4c(c23)CCS4(=O)=O)c1. The Balaban J connectivity index is 1.42. The number of nitrogens with zero attached hydrogens (tertiary/aromatic N) is 1. The van der Waals surface area contributed by atoms with Crippen molar-refractivity contribution >= 4 is 49.5 Å². The Hall–Kier alpha value is -3.91. The van der Waals surface area contributed by atoms with E-state index < -0.39 is 9.84 Å². The molecule has 1 aromatic heterocycles. The second-order valence-electron chi connectivity index (χ2n) is 7.51. The average Bonchev–Trinajstić information content (AvgIpc) is 3.09. The highest BCUT2D eigenvalue weighted by atomic mass is 32.2. The number of carbonyl (C=O) groups excluding carboxylic acids is 1. The summed E-state index contributed by atoms with van der Waals surface area (Å²) < 4.78 is 24.7. The molecule has 1 aliphatic rings. The highest BCUT2D eigenvalue weighted by Crippen LogP contribution is 2.36. The van der Waals surface area contributed by atoms with Gasteiger partial charge in [0, 0.05) is 34.3 Å². The van der Waals surface area contributed by atoms with E-state index in [1.54, 1.807) is 24.4 Å². The van der Waals surface area contributed by atoms with Crippen LogP contribution in [-0.2, 0) is 16.3 Å². The number of fused-ring (bicyclic) bond motifs is 3. The zero-order chi connectivity index (χ0) is 22.1. The summed E-state index contributed by atoms with van der Waals surface area (Å²) in [5.41, 5.74) is 4.39. The molecule has 3 N–H and O–H groups in total. The van der Waals surface area contributed by atoms with Gasteiger partial charge in [-0.05, 0) is 60.5 Å². The maximum absolute atomic E-state index is 12.4. The normalized spacial score (nSPS) is 14.0. The van der Waals surface area contributed by atoms with Gasteiger partial charge in [-0.15, -0.1) is 0 Å². The van der Waals surface area contributed by atoms with Crippen molar-refractivity contribution in [1.29, 1.82) is 0 Å². The third kappa shape index (κ3) is 3.88. The smallest absolute Gasteiger partial charge is 0.323 e. The lowest BCUT2D eigenvalue weighted by molar-refractivity contribution is 0.262. The molecule has 0 saturated carbocycles. The van der Waals surface area contributed by atoms with Crippen LogP contribution in [0.15, 0.2) is 83.9 Å². The van der Waals surface area contributed by atoms with Crippen LogP contribution >= 0.6 is 0 Å². The van der Waals surface area contributed by atoms with Crippen molar-refractivity contribution < 1.29 is 13.2 Å². The van der Waals surface area contributed by atoms with E-state index in [9.17, 15) is 13.2 Å². The molecule has 0 saturated heterocycles. The van der Waals surface area contributed by atoms with Crippen molar-refractivity contribution in [3.05, 3.63) is 84.6 Å². The zero-order valence-corrected chi connectivity index (χ0v) is 17.8. The number of carbonyl (C=O) groups is 1. The molecule has 7 nitrogen and oxygen atoms in total. The predicted molar refractivity (Wildman–Crippen MR) is 126 cm³/mol. The first-order valence-corrected chi connectivity index (χ1v) is 11.8. The second kappa shape index (κ2) is 7.97. The minimum Gasteiger partial charge on any atom is -0.355 e. The van der Waals surface area contributed by atoms with E-state index in [4.69, 9.17) is 0 Å². The van der Waals surface area contributed by atoms with Gasteiger partial charge in [-0.3, -0.25) is 4.98 Å². The van der Waals surface area contributed by atoms with Crippen LogP contribution in [0.3, 0.4) is 0 Å². The number of hydrogen-bond acceptors (Lipinski definition) is 5. The number of sulfone groups is 1. The molecule has 5 rings (SSSR count). The first-order chi connectivity index (χ1) is 15.5. The van der Waals surface area contributed by atoms with Crippen molar-refractivity contribution in [1.82, 2.24) is 4.98 Å². The van der Waals surface area contributed by atoms with Crippen LogP contribution in [0, 0.1) is 0 Å². The molecule has 160 valence electrons. The Kier molecular flexibility index (Phi) is 4.99. The maximum Gasteiger partial charge on any atom is 0.323 e. The first kappa shape index (κ1) is 20.0. The van der Waals surface area contributed by atoms with Crippen LogP contribution < -0.4 is 16.0 Å². The van der Waals surface area contributed by atoms with Gasteiger partial charge in [0.25, 0.3) is 0 Å². The van der Waals surface area contributed by atoms with Crippen molar-refractivity contribution in [2.45, 2.75) is 11.3 Å². The molecule has 0 unspecified atom stereocenters. The van der Waals surface area contributed by atoms with E-state index in [0.717, 1.165) is 27.8 Å². The van der Waals surface area contributed by atoms with Crippen LogP contribution in [0.2, 0.25) is 0 Å². The van der Waals surface area contributed by atoms with Crippen LogP contribution in [0.25, 0.3) is 10.9 Å². The number of amides is 2. The summed E-state index contributed by atoms with van der Waals surface area (Å²) >= 11 is 0. The number of anilines is 4. The van der Waals surface area contributed by atoms with Gasteiger partial charge in [-0.2, -0.15) is 0 Å². The summed E-state index contributed by atoms with van der Waals surface area (Å²) in [6.45, 7) is 0. The van der Waals surface area contributed by atoms with Gasteiger partial charge in [0.05, 0.1) is 16.2 Å². The topological polar surface area (TPSA) is 100 Å². The molecule has 2 amide bonds. The number of benzene rings is 3. The first-order valence-electron chi connectivity index (χ1n) is 10.1. The fourth-order valence-corrected chi connectivity index (χ4v) is 5.48. The molecule has 0 aliphatic carbocycles. The Bertz CT molecular complexity index is 1440. The largest absolute Gasteiger partial charge is 0.355 e. The fourth-order valence-electron chi connectivity index (χ4n) is 3.94. The molecule has 0 bridgehead atoms. The van der Waals surface area contributed by atoms with Gasteiger partial charge < -0.3 is 16.0 Å². The lowest BCUT2D eigenvalue weighted by Crippen LogP contribution is -2.19. The van der Waals surface area contributed by atoms with Crippen LogP contribution in [-0.4, -0.2) is 25.2 Å². The number of rotatable bonds is 4. The molecule has 3 aromatic carbocycles. The molecule has 0 fully saturated rings. The van der Waals surface area contributed by atoms with Crippen molar-refractivity contribution in [3.63, 3.8) is 0 Å². The highest BCUT2D eigenvalue weighted by molar-refractivity contribution is 7.91. The lowest BCUT2D eigenvalue weighted by Gasteiger charge is -2.14. The van der Waals surface area contributed by atoms with E-state index in [0.29, 0.717) is 22.7 Å². The molecule has 4 aromatic rings. The highest BCUT2D eigenvalue weighted by Gasteiger charge is 2.28. The second-order valence-corrected chi connectivity index (χ2v) is 9.59. The molecule has 0 radical (unpaired) electrons. The summed E-state index contributed by atoms with van der Waals surface area (Å²) in [5, 5.41) is 9.78. The third-order valence-corrected chi connectivity index (χ3v) is 7.15. The molecular weight excluding hydrogens is 424 g/mol. The van der Waals surface area contributed by atoms with Crippen molar-refractivity contribution in [3.8, 4) is 0 Å². The third-order valence-electron chi connectivity index (χ3n) is 5.36. The Labute approximate surface area is 185 Å². The van der Waals surface area contributed by atoms with E-state index in [1.165, 1.54) is 0 Å². The number of hydrogen-bond donors (Lipinski definition) is 3. The Morgan fingerprint density at radius 3 is 2.44 bits per heavy atom. The minimum atomic E-state index is -3.24. The fraction of sp³-hybridized carbons (Fsp3) is 0.0833. The van der Waals surface area contributed by atoms with Crippen LogP contribution in [0.5, 0.6) is 0 Å². The van der Waals surface area contributed by atoms with Gasteiger partial charge in [0.1, 0.15) is 0 Å². The summed E-state index contributed by atoms with van der Waals surface area (Å²) in [4.78, 5) is 17.1. The summed E-state index contributed by atoms with van der Waals surface area (Å²) in [6, 6.07) is 21.4. The lowest BCUT2D eigenvalue weighted by atomic mass is 10.0. The van der Waals surface area contributed by atoms with Gasteiger partial charge >= 0.3 is 6.03 Å². The minimum absolute atomic E-state index is 0.117. The maximum atomic E-state index is 12.4. The number of aryl methyl sites for hydroxylation is 1. The number of urea groups is 1. The molecule has 0 spiro atoms. The summed E-state index contributed by atoms with van der Waals surface area (Å²) in [7, 11) is -3.24. The van der Waals surface area contributed by atoms with Gasteiger partial charge in [-0.25, -0.2) is 13.2 Å². The van der Waals surface area contributed by atoms with Crippen LogP contribution in [0.1, 0.15) is 5.56 Å². The number of para-hydroxylation sites is 1.